The minimum absolute atomic E-state index is 0.269. The van der Waals surface area contributed by atoms with E-state index in [9.17, 15) is 8.78 Å². The summed E-state index contributed by atoms with van der Waals surface area (Å²) in [6.45, 7) is 0. The van der Waals surface area contributed by atoms with Crippen LogP contribution >= 0.6 is 15.9 Å². The highest BCUT2D eigenvalue weighted by atomic mass is 79.9. The summed E-state index contributed by atoms with van der Waals surface area (Å²) in [5, 5.41) is 0. The van der Waals surface area contributed by atoms with E-state index in [1.54, 1.807) is 12.1 Å². The Bertz CT molecular complexity index is 797. The second kappa shape index (κ2) is 5.78. The number of rotatable bonds is 2. The molecule has 0 spiro atoms. The molecule has 0 aromatic heterocycles. The van der Waals surface area contributed by atoms with Gasteiger partial charge in [0.2, 0.25) is 0 Å². The van der Waals surface area contributed by atoms with Crippen LogP contribution < -0.4 is 0 Å². The van der Waals surface area contributed by atoms with E-state index in [0.29, 0.717) is 5.56 Å². The van der Waals surface area contributed by atoms with Gasteiger partial charge in [0, 0.05) is 10.0 Å². The van der Waals surface area contributed by atoms with Crippen molar-refractivity contribution in [2.45, 2.75) is 0 Å². The van der Waals surface area contributed by atoms with Gasteiger partial charge in [-0.2, -0.15) is 0 Å². The van der Waals surface area contributed by atoms with Crippen LogP contribution in [0.2, 0.25) is 0 Å². The molecule has 0 fully saturated rings. The molecule has 0 saturated heterocycles. The zero-order valence-corrected chi connectivity index (χ0v) is 12.6. The second-order valence-electron chi connectivity index (χ2n) is 4.66. The van der Waals surface area contributed by atoms with Gasteiger partial charge in [-0.1, -0.05) is 64.5 Å². The molecule has 0 radical (unpaired) electrons. The number of halogens is 3. The van der Waals surface area contributed by atoms with E-state index >= 15 is 0 Å². The summed E-state index contributed by atoms with van der Waals surface area (Å²) >= 11 is 3.43. The van der Waals surface area contributed by atoms with Crippen LogP contribution in [-0.4, -0.2) is 0 Å². The summed E-state index contributed by atoms with van der Waals surface area (Å²) in [6, 6.07) is 19.4. The summed E-state index contributed by atoms with van der Waals surface area (Å²) < 4.78 is 28.5. The van der Waals surface area contributed by atoms with Crippen molar-refractivity contribution in [1.82, 2.24) is 0 Å². The first kappa shape index (κ1) is 14.0. The molecule has 0 aliphatic carbocycles. The van der Waals surface area contributed by atoms with Gasteiger partial charge in [0.15, 0.2) is 11.6 Å². The van der Waals surface area contributed by atoms with E-state index in [2.05, 4.69) is 15.9 Å². The molecule has 0 bridgehead atoms. The summed E-state index contributed by atoms with van der Waals surface area (Å²) in [4.78, 5) is 0. The molecule has 0 atom stereocenters. The van der Waals surface area contributed by atoms with Crippen molar-refractivity contribution in [3.63, 3.8) is 0 Å². The minimum Gasteiger partial charge on any atom is -0.204 e. The van der Waals surface area contributed by atoms with Crippen molar-refractivity contribution in [3.05, 3.63) is 82.8 Å². The zero-order chi connectivity index (χ0) is 14.8. The van der Waals surface area contributed by atoms with Gasteiger partial charge in [0.25, 0.3) is 0 Å². The van der Waals surface area contributed by atoms with E-state index in [-0.39, 0.29) is 5.56 Å². The molecule has 3 rings (SSSR count). The highest BCUT2D eigenvalue weighted by molar-refractivity contribution is 9.10. The number of hydrogen-bond donors (Lipinski definition) is 0. The highest BCUT2D eigenvalue weighted by Crippen LogP contribution is 2.34. The Kier molecular flexibility index (Phi) is 3.84. The van der Waals surface area contributed by atoms with E-state index in [1.165, 1.54) is 6.07 Å². The van der Waals surface area contributed by atoms with Crippen molar-refractivity contribution < 1.29 is 8.78 Å². The van der Waals surface area contributed by atoms with Crippen LogP contribution in [0, 0.1) is 11.6 Å². The Labute approximate surface area is 130 Å². The molecule has 3 aromatic carbocycles. The Morgan fingerprint density at radius 3 is 2.10 bits per heavy atom. The van der Waals surface area contributed by atoms with Gasteiger partial charge in [-0.05, 0) is 34.9 Å². The predicted molar refractivity (Wildman–Crippen MR) is 84.9 cm³/mol. The van der Waals surface area contributed by atoms with Gasteiger partial charge in [-0.15, -0.1) is 0 Å². The quantitative estimate of drug-likeness (QED) is 0.529. The van der Waals surface area contributed by atoms with Crippen LogP contribution in [0.3, 0.4) is 0 Å². The lowest BCUT2D eigenvalue weighted by atomic mass is 9.94. The van der Waals surface area contributed by atoms with Crippen LogP contribution in [0.15, 0.2) is 71.2 Å². The maximum Gasteiger partial charge on any atom is 0.166 e. The SMILES string of the molecule is Fc1cccc(-c2ccccc2-c2cccc(Br)c2)c1F. The number of benzene rings is 3. The third-order valence-corrected chi connectivity index (χ3v) is 3.80. The van der Waals surface area contributed by atoms with E-state index < -0.39 is 11.6 Å². The van der Waals surface area contributed by atoms with Gasteiger partial charge in [0.1, 0.15) is 0 Å². The minimum atomic E-state index is -0.837. The fraction of sp³-hybridized carbons (Fsp3) is 0. The summed E-state index contributed by atoms with van der Waals surface area (Å²) in [6.07, 6.45) is 0. The van der Waals surface area contributed by atoms with Crippen molar-refractivity contribution in [3.8, 4) is 22.3 Å². The monoisotopic (exact) mass is 344 g/mol. The molecule has 0 amide bonds. The Hall–Kier alpha value is -2.00. The first-order chi connectivity index (χ1) is 10.2. The average Bonchev–Trinajstić information content (AvgIpc) is 2.50. The Balaban J connectivity index is 2.23. The van der Waals surface area contributed by atoms with E-state index in [1.807, 2.05) is 42.5 Å². The molecule has 3 heteroatoms. The van der Waals surface area contributed by atoms with Crippen molar-refractivity contribution in [2.75, 3.05) is 0 Å². The van der Waals surface area contributed by atoms with Crippen LogP contribution in [0.5, 0.6) is 0 Å². The smallest absolute Gasteiger partial charge is 0.166 e. The fourth-order valence-electron chi connectivity index (χ4n) is 2.34. The maximum absolute atomic E-state index is 14.1. The molecule has 0 aliphatic heterocycles. The van der Waals surface area contributed by atoms with Crippen molar-refractivity contribution in [1.29, 1.82) is 0 Å². The van der Waals surface area contributed by atoms with Crippen LogP contribution in [0.4, 0.5) is 8.78 Å². The molecule has 3 aromatic rings. The van der Waals surface area contributed by atoms with E-state index in [4.69, 9.17) is 0 Å². The predicted octanol–water partition coefficient (Wildman–Crippen LogP) is 6.06. The molecule has 0 nitrogen and oxygen atoms in total. The van der Waals surface area contributed by atoms with Crippen molar-refractivity contribution >= 4 is 15.9 Å². The second-order valence-corrected chi connectivity index (χ2v) is 5.57. The molecular weight excluding hydrogens is 334 g/mol. The zero-order valence-electron chi connectivity index (χ0n) is 11.0. The third-order valence-electron chi connectivity index (χ3n) is 3.30. The topological polar surface area (TPSA) is 0 Å². The summed E-state index contributed by atoms with van der Waals surface area (Å²) in [5.41, 5.74) is 2.75. The molecule has 0 unspecified atom stereocenters. The van der Waals surface area contributed by atoms with E-state index in [0.717, 1.165) is 21.7 Å². The van der Waals surface area contributed by atoms with Gasteiger partial charge in [-0.3, -0.25) is 0 Å². The normalized spacial score (nSPS) is 10.6. The lowest BCUT2D eigenvalue weighted by molar-refractivity contribution is 0.511. The van der Waals surface area contributed by atoms with Gasteiger partial charge < -0.3 is 0 Å². The first-order valence-corrected chi connectivity index (χ1v) is 7.25. The highest BCUT2D eigenvalue weighted by Gasteiger charge is 2.13. The van der Waals surface area contributed by atoms with Crippen LogP contribution in [0.1, 0.15) is 0 Å². The fourth-order valence-corrected chi connectivity index (χ4v) is 2.74. The average molecular weight is 345 g/mol. The summed E-state index contributed by atoms with van der Waals surface area (Å²) in [7, 11) is 0. The Morgan fingerprint density at radius 1 is 0.667 bits per heavy atom. The van der Waals surface area contributed by atoms with Gasteiger partial charge in [-0.25, -0.2) is 8.78 Å². The summed E-state index contributed by atoms with van der Waals surface area (Å²) in [5.74, 6) is -1.66. The van der Waals surface area contributed by atoms with Crippen molar-refractivity contribution in [2.24, 2.45) is 0 Å². The lowest BCUT2D eigenvalue weighted by Gasteiger charge is -2.11. The van der Waals surface area contributed by atoms with Gasteiger partial charge in [0.05, 0.1) is 0 Å². The molecule has 104 valence electrons. The maximum atomic E-state index is 14.1. The molecule has 21 heavy (non-hydrogen) atoms. The molecule has 0 saturated carbocycles. The molecule has 0 aliphatic rings. The largest absolute Gasteiger partial charge is 0.204 e. The standard InChI is InChI=1S/C18H11BrF2/c19-13-6-3-5-12(11-13)14-7-1-2-8-15(14)16-9-4-10-17(20)18(16)21/h1-11H. The van der Waals surface area contributed by atoms with Crippen LogP contribution in [0.25, 0.3) is 22.3 Å². The number of hydrogen-bond acceptors (Lipinski definition) is 0. The first-order valence-electron chi connectivity index (χ1n) is 6.46. The molecular formula is C18H11BrF2. The molecule has 0 N–H and O–H groups in total. The lowest BCUT2D eigenvalue weighted by Crippen LogP contribution is -1.91. The third kappa shape index (κ3) is 2.74. The Morgan fingerprint density at radius 2 is 1.33 bits per heavy atom. The van der Waals surface area contributed by atoms with Gasteiger partial charge >= 0.3 is 0 Å². The van der Waals surface area contributed by atoms with Crippen LogP contribution in [-0.2, 0) is 0 Å². The molecule has 0 heterocycles.